The van der Waals surface area contributed by atoms with E-state index in [1.54, 1.807) is 18.3 Å². The van der Waals surface area contributed by atoms with Crippen molar-refractivity contribution in [3.8, 4) is 0 Å². The third kappa shape index (κ3) is 3.85. The summed E-state index contributed by atoms with van der Waals surface area (Å²) in [5.74, 6) is 0. The molecule has 0 atom stereocenters. The lowest BCUT2D eigenvalue weighted by molar-refractivity contribution is -0.387. The van der Waals surface area contributed by atoms with Gasteiger partial charge in [0, 0.05) is 12.3 Å². The molecule has 1 heterocycles. The normalized spacial score (nSPS) is 11.0. The first-order valence-electron chi connectivity index (χ1n) is 7.04. The third-order valence-corrected chi connectivity index (χ3v) is 4.13. The number of aromatic nitrogens is 3. The average Bonchev–Trinajstić information content (AvgIpc) is 3.08. The third-order valence-electron chi connectivity index (χ3n) is 3.18. The summed E-state index contributed by atoms with van der Waals surface area (Å²) in [7, 11) is 0. The maximum atomic E-state index is 11.3. The monoisotopic (exact) mass is 339 g/mol. The molecule has 0 aliphatic rings. The van der Waals surface area contributed by atoms with E-state index in [1.807, 2.05) is 31.2 Å². The van der Waals surface area contributed by atoms with E-state index >= 15 is 0 Å². The molecule has 2 aromatic carbocycles. The molecule has 0 saturated heterocycles. The lowest BCUT2D eigenvalue weighted by Gasteiger charge is -2.02. The molecule has 0 radical (unpaired) electrons. The van der Waals surface area contributed by atoms with Crippen LogP contribution in [-0.4, -0.2) is 26.3 Å². The second kappa shape index (κ2) is 7.05. The molecular formula is C16H13N5O2S. The van der Waals surface area contributed by atoms with Gasteiger partial charge in [-0.15, -0.1) is 0 Å². The Morgan fingerprint density at radius 3 is 2.71 bits per heavy atom. The first kappa shape index (κ1) is 15.9. The minimum atomic E-state index is -0.415. The van der Waals surface area contributed by atoms with Gasteiger partial charge in [0.2, 0.25) is 0 Å². The average molecular weight is 339 g/mol. The molecule has 0 amide bonds. The Bertz CT molecular complexity index is 876. The molecule has 0 saturated carbocycles. The number of rotatable bonds is 5. The lowest BCUT2D eigenvalue weighted by Crippen LogP contribution is -1.93. The predicted molar refractivity (Wildman–Crippen MR) is 92.0 cm³/mol. The van der Waals surface area contributed by atoms with Crippen molar-refractivity contribution >= 4 is 29.4 Å². The van der Waals surface area contributed by atoms with E-state index in [1.165, 1.54) is 12.4 Å². The molecule has 0 aliphatic heterocycles. The molecule has 0 aliphatic carbocycles. The summed E-state index contributed by atoms with van der Waals surface area (Å²) in [4.78, 5) is 19.7. The summed E-state index contributed by atoms with van der Waals surface area (Å²) in [6.45, 7) is 2.00. The van der Waals surface area contributed by atoms with Crippen molar-refractivity contribution in [3.05, 3.63) is 70.0 Å². The fourth-order valence-electron chi connectivity index (χ4n) is 1.97. The number of H-pyrrole nitrogens is 1. The number of benzene rings is 2. The highest BCUT2D eigenvalue weighted by Crippen LogP contribution is 2.33. The van der Waals surface area contributed by atoms with Crippen molar-refractivity contribution in [1.82, 2.24) is 15.2 Å². The van der Waals surface area contributed by atoms with E-state index in [2.05, 4.69) is 20.2 Å². The number of nitro benzene ring substituents is 1. The highest BCUT2D eigenvalue weighted by atomic mass is 32.2. The molecule has 120 valence electrons. The molecule has 24 heavy (non-hydrogen) atoms. The van der Waals surface area contributed by atoms with E-state index in [-0.39, 0.29) is 5.69 Å². The second-order valence-corrected chi connectivity index (χ2v) is 6.00. The van der Waals surface area contributed by atoms with Crippen LogP contribution in [0.3, 0.4) is 0 Å². The SMILES string of the molecule is Cc1ccc(N=Cc2ccc(Sc3ncn[nH]3)c([N+](=O)[O-])c2)cc1. The second-order valence-electron chi connectivity index (χ2n) is 4.97. The fourth-order valence-corrected chi connectivity index (χ4v) is 2.75. The number of hydrogen-bond acceptors (Lipinski definition) is 6. The van der Waals surface area contributed by atoms with Crippen LogP contribution in [-0.2, 0) is 0 Å². The molecule has 0 bridgehead atoms. The van der Waals surface area contributed by atoms with Crippen LogP contribution in [0, 0.1) is 17.0 Å². The number of aliphatic imine (C=N–C) groups is 1. The van der Waals surface area contributed by atoms with Gasteiger partial charge in [-0.05, 0) is 42.4 Å². The van der Waals surface area contributed by atoms with Crippen molar-refractivity contribution in [2.24, 2.45) is 4.99 Å². The van der Waals surface area contributed by atoms with Gasteiger partial charge in [-0.25, -0.2) is 4.98 Å². The zero-order chi connectivity index (χ0) is 16.9. The van der Waals surface area contributed by atoms with Gasteiger partial charge < -0.3 is 0 Å². The molecule has 3 rings (SSSR count). The number of nitrogens with one attached hydrogen (secondary N) is 1. The van der Waals surface area contributed by atoms with Crippen LogP contribution in [0.5, 0.6) is 0 Å². The van der Waals surface area contributed by atoms with Crippen LogP contribution >= 0.6 is 11.8 Å². The smallest absolute Gasteiger partial charge is 0.258 e. The minimum Gasteiger partial charge on any atom is -0.258 e. The maximum absolute atomic E-state index is 11.3. The summed E-state index contributed by atoms with van der Waals surface area (Å²) < 4.78 is 0. The standard InChI is InChI=1S/C16H13N5O2S/c1-11-2-5-13(6-3-11)17-9-12-4-7-15(14(8-12)21(22)23)24-16-18-10-19-20-16/h2-10H,1H3,(H,18,19,20). The van der Waals surface area contributed by atoms with E-state index in [0.29, 0.717) is 15.6 Å². The molecule has 0 unspecified atom stereocenters. The van der Waals surface area contributed by atoms with E-state index in [0.717, 1.165) is 23.0 Å². The molecule has 8 heteroatoms. The number of aromatic amines is 1. The number of hydrogen-bond donors (Lipinski definition) is 1. The quantitative estimate of drug-likeness (QED) is 0.431. The topological polar surface area (TPSA) is 97.1 Å². The van der Waals surface area contributed by atoms with Gasteiger partial charge in [0.1, 0.15) is 6.33 Å². The highest BCUT2D eigenvalue weighted by molar-refractivity contribution is 7.99. The molecule has 0 fully saturated rings. The van der Waals surface area contributed by atoms with Crippen LogP contribution in [0.1, 0.15) is 11.1 Å². The summed E-state index contributed by atoms with van der Waals surface area (Å²) in [6, 6.07) is 12.7. The fraction of sp³-hybridized carbons (Fsp3) is 0.0625. The number of nitrogens with zero attached hydrogens (tertiary/aromatic N) is 4. The van der Waals surface area contributed by atoms with E-state index < -0.39 is 4.92 Å². The zero-order valence-electron chi connectivity index (χ0n) is 12.7. The van der Waals surface area contributed by atoms with E-state index in [4.69, 9.17) is 0 Å². The molecule has 7 nitrogen and oxygen atoms in total. The van der Waals surface area contributed by atoms with Gasteiger partial charge in [-0.2, -0.15) is 5.10 Å². The van der Waals surface area contributed by atoms with Gasteiger partial charge in [0.05, 0.1) is 15.5 Å². The zero-order valence-corrected chi connectivity index (χ0v) is 13.5. The van der Waals surface area contributed by atoms with Crippen molar-refractivity contribution < 1.29 is 4.92 Å². The van der Waals surface area contributed by atoms with Crippen LogP contribution in [0.25, 0.3) is 0 Å². The summed E-state index contributed by atoms with van der Waals surface area (Å²) >= 11 is 1.16. The van der Waals surface area contributed by atoms with Gasteiger partial charge in [-0.3, -0.25) is 20.2 Å². The Hall–Kier alpha value is -3.00. The Morgan fingerprint density at radius 2 is 2.04 bits per heavy atom. The Morgan fingerprint density at radius 1 is 1.25 bits per heavy atom. The Balaban J connectivity index is 1.85. The molecule has 0 spiro atoms. The Kier molecular flexibility index (Phi) is 4.66. The van der Waals surface area contributed by atoms with Gasteiger partial charge >= 0.3 is 0 Å². The molecule has 1 N–H and O–H groups in total. The first-order valence-corrected chi connectivity index (χ1v) is 7.86. The van der Waals surface area contributed by atoms with E-state index in [9.17, 15) is 10.1 Å². The van der Waals surface area contributed by atoms with Crippen LogP contribution in [0.2, 0.25) is 0 Å². The maximum Gasteiger partial charge on any atom is 0.283 e. The van der Waals surface area contributed by atoms with Crippen molar-refractivity contribution in [2.45, 2.75) is 17.0 Å². The summed E-state index contributed by atoms with van der Waals surface area (Å²) in [6.07, 6.45) is 2.97. The number of aryl methyl sites for hydroxylation is 1. The van der Waals surface area contributed by atoms with Crippen molar-refractivity contribution in [3.63, 3.8) is 0 Å². The van der Waals surface area contributed by atoms with Crippen LogP contribution in [0.15, 0.2) is 63.8 Å². The van der Waals surface area contributed by atoms with Crippen LogP contribution in [0.4, 0.5) is 11.4 Å². The largest absolute Gasteiger partial charge is 0.283 e. The summed E-state index contributed by atoms with van der Waals surface area (Å²) in [5, 5.41) is 18.2. The minimum absolute atomic E-state index is 0.00394. The van der Waals surface area contributed by atoms with Gasteiger partial charge in [-0.1, -0.05) is 23.8 Å². The van der Waals surface area contributed by atoms with Crippen molar-refractivity contribution in [2.75, 3.05) is 0 Å². The van der Waals surface area contributed by atoms with Crippen molar-refractivity contribution in [1.29, 1.82) is 0 Å². The molecular weight excluding hydrogens is 326 g/mol. The number of nitro groups is 1. The Labute approximate surface area is 142 Å². The predicted octanol–water partition coefficient (Wildman–Crippen LogP) is 3.92. The first-order chi connectivity index (χ1) is 11.6. The van der Waals surface area contributed by atoms with Crippen LogP contribution < -0.4 is 0 Å². The molecule has 3 aromatic rings. The van der Waals surface area contributed by atoms with Gasteiger partial charge in [0.15, 0.2) is 5.16 Å². The molecule has 1 aromatic heterocycles. The van der Waals surface area contributed by atoms with Gasteiger partial charge in [0.25, 0.3) is 5.69 Å². The summed E-state index contributed by atoms with van der Waals surface area (Å²) in [5.41, 5.74) is 2.61. The lowest BCUT2D eigenvalue weighted by atomic mass is 10.2. The highest BCUT2D eigenvalue weighted by Gasteiger charge is 2.16.